The van der Waals surface area contributed by atoms with Gasteiger partial charge in [-0.15, -0.1) is 0 Å². The van der Waals surface area contributed by atoms with Gasteiger partial charge in [-0.2, -0.15) is 5.10 Å². The lowest BCUT2D eigenvalue weighted by Crippen LogP contribution is -2.13. The maximum absolute atomic E-state index is 6.10. The van der Waals surface area contributed by atoms with Gasteiger partial charge in [-0.25, -0.2) is 9.67 Å². The molecule has 1 aromatic carbocycles. The maximum atomic E-state index is 6.10. The molecule has 1 aromatic heterocycles. The van der Waals surface area contributed by atoms with E-state index in [0.717, 1.165) is 18.1 Å². The van der Waals surface area contributed by atoms with Crippen molar-refractivity contribution in [2.75, 3.05) is 5.32 Å². The maximum Gasteiger partial charge on any atom is 0.146 e. The molecule has 2 rings (SSSR count). The average Bonchev–Trinajstić information content (AvgIpc) is 2.75. The summed E-state index contributed by atoms with van der Waals surface area (Å²) in [6, 6.07) is 5.42. The number of anilines is 1. The standard InChI is InChI=1S/C13H16Cl2N4/c1-9(2)7-19-12(17-8-18-19)6-16-13-10(14)4-3-5-11(13)15/h3-5,8-9,16H,6-7H2,1-2H3. The van der Waals surface area contributed by atoms with E-state index in [4.69, 9.17) is 23.2 Å². The smallest absolute Gasteiger partial charge is 0.146 e. The molecule has 0 spiro atoms. The Morgan fingerprint density at radius 3 is 2.58 bits per heavy atom. The number of hydrogen-bond donors (Lipinski definition) is 1. The lowest BCUT2D eigenvalue weighted by molar-refractivity contribution is 0.468. The van der Waals surface area contributed by atoms with E-state index in [1.165, 1.54) is 0 Å². The first-order valence-electron chi connectivity index (χ1n) is 6.12. The summed E-state index contributed by atoms with van der Waals surface area (Å²) in [5.41, 5.74) is 0.727. The van der Waals surface area contributed by atoms with Crippen LogP contribution in [0.4, 0.5) is 5.69 Å². The van der Waals surface area contributed by atoms with Crippen LogP contribution in [0, 0.1) is 5.92 Å². The second kappa shape index (κ2) is 6.26. The van der Waals surface area contributed by atoms with Crippen LogP contribution in [0.15, 0.2) is 24.5 Å². The summed E-state index contributed by atoms with van der Waals surface area (Å²) in [6.07, 6.45) is 1.56. The molecule has 2 aromatic rings. The SMILES string of the molecule is CC(C)Cn1ncnc1CNc1c(Cl)cccc1Cl. The molecule has 0 aliphatic rings. The van der Waals surface area contributed by atoms with Gasteiger partial charge in [0.25, 0.3) is 0 Å². The molecule has 1 heterocycles. The Labute approximate surface area is 122 Å². The van der Waals surface area contributed by atoms with E-state index >= 15 is 0 Å². The summed E-state index contributed by atoms with van der Waals surface area (Å²) in [7, 11) is 0. The largest absolute Gasteiger partial charge is 0.375 e. The first-order valence-corrected chi connectivity index (χ1v) is 6.88. The fourth-order valence-corrected chi connectivity index (χ4v) is 2.29. The third kappa shape index (κ3) is 3.61. The van der Waals surface area contributed by atoms with Crippen LogP contribution >= 0.6 is 23.2 Å². The quantitative estimate of drug-likeness (QED) is 0.911. The number of nitrogens with one attached hydrogen (secondary N) is 1. The number of hydrogen-bond acceptors (Lipinski definition) is 3. The lowest BCUT2D eigenvalue weighted by Gasteiger charge is -2.12. The molecule has 0 saturated heterocycles. The van der Waals surface area contributed by atoms with Crippen molar-refractivity contribution in [1.82, 2.24) is 14.8 Å². The summed E-state index contributed by atoms with van der Waals surface area (Å²) < 4.78 is 1.89. The van der Waals surface area contributed by atoms with Crippen LogP contribution < -0.4 is 5.32 Å². The molecule has 0 aliphatic heterocycles. The van der Waals surface area contributed by atoms with Gasteiger partial charge < -0.3 is 5.32 Å². The Morgan fingerprint density at radius 2 is 1.95 bits per heavy atom. The molecule has 1 N–H and O–H groups in total. The van der Waals surface area contributed by atoms with Crippen LogP contribution in [0.5, 0.6) is 0 Å². The summed E-state index contributed by atoms with van der Waals surface area (Å²) in [5.74, 6) is 1.38. The van der Waals surface area contributed by atoms with Gasteiger partial charge in [-0.1, -0.05) is 43.1 Å². The molecule has 0 aliphatic carbocycles. The normalized spacial score (nSPS) is 11.0. The number of rotatable bonds is 5. The van der Waals surface area contributed by atoms with Gasteiger partial charge in [-0.3, -0.25) is 0 Å². The zero-order valence-corrected chi connectivity index (χ0v) is 12.4. The second-order valence-corrected chi connectivity index (χ2v) is 5.52. The van der Waals surface area contributed by atoms with E-state index in [9.17, 15) is 0 Å². The molecule has 4 nitrogen and oxygen atoms in total. The fraction of sp³-hybridized carbons (Fsp3) is 0.385. The highest BCUT2D eigenvalue weighted by Crippen LogP contribution is 2.29. The molecule has 0 fully saturated rings. The lowest BCUT2D eigenvalue weighted by atomic mass is 10.2. The van der Waals surface area contributed by atoms with Gasteiger partial charge in [0.15, 0.2) is 0 Å². The van der Waals surface area contributed by atoms with E-state index in [2.05, 4.69) is 29.2 Å². The van der Waals surface area contributed by atoms with E-state index in [1.54, 1.807) is 18.5 Å². The Hall–Kier alpha value is -1.26. The second-order valence-electron chi connectivity index (χ2n) is 4.70. The molecule has 0 unspecified atom stereocenters. The third-order valence-corrected chi connectivity index (χ3v) is 3.25. The highest BCUT2D eigenvalue weighted by Gasteiger charge is 2.09. The Balaban J connectivity index is 2.09. The van der Waals surface area contributed by atoms with E-state index in [-0.39, 0.29) is 0 Å². The van der Waals surface area contributed by atoms with Crippen molar-refractivity contribution in [2.45, 2.75) is 26.9 Å². The number of para-hydroxylation sites is 1. The Kier molecular flexibility index (Phi) is 4.66. The summed E-state index contributed by atoms with van der Waals surface area (Å²) >= 11 is 12.2. The van der Waals surface area contributed by atoms with Gasteiger partial charge in [0.2, 0.25) is 0 Å². The van der Waals surface area contributed by atoms with Crippen LogP contribution in [-0.4, -0.2) is 14.8 Å². The number of halogens is 2. The highest BCUT2D eigenvalue weighted by atomic mass is 35.5. The molecular weight excluding hydrogens is 283 g/mol. The first-order chi connectivity index (χ1) is 9.08. The van der Waals surface area contributed by atoms with Crippen molar-refractivity contribution < 1.29 is 0 Å². The topological polar surface area (TPSA) is 42.7 Å². The minimum atomic E-state index is 0.518. The van der Waals surface area contributed by atoms with Gasteiger partial charge >= 0.3 is 0 Å². The van der Waals surface area contributed by atoms with Crippen LogP contribution in [0.1, 0.15) is 19.7 Å². The van der Waals surface area contributed by atoms with Crippen molar-refractivity contribution in [3.63, 3.8) is 0 Å². The van der Waals surface area contributed by atoms with E-state index in [1.807, 2.05) is 10.7 Å². The van der Waals surface area contributed by atoms with Crippen LogP contribution in [-0.2, 0) is 13.1 Å². The zero-order valence-electron chi connectivity index (χ0n) is 10.9. The molecule has 0 atom stereocenters. The molecule has 0 saturated carbocycles. The van der Waals surface area contributed by atoms with Crippen molar-refractivity contribution in [1.29, 1.82) is 0 Å². The number of nitrogens with zero attached hydrogens (tertiary/aromatic N) is 3. The minimum absolute atomic E-state index is 0.518. The van der Waals surface area contributed by atoms with Gasteiger partial charge in [-0.05, 0) is 18.1 Å². The van der Waals surface area contributed by atoms with Crippen LogP contribution in [0.3, 0.4) is 0 Å². The van der Waals surface area contributed by atoms with Gasteiger partial charge in [0.1, 0.15) is 12.2 Å². The van der Waals surface area contributed by atoms with Crippen molar-refractivity contribution >= 4 is 28.9 Å². The first kappa shape index (κ1) is 14.2. The molecule has 19 heavy (non-hydrogen) atoms. The molecule has 102 valence electrons. The van der Waals surface area contributed by atoms with Gasteiger partial charge in [0.05, 0.1) is 22.3 Å². The summed E-state index contributed by atoms with van der Waals surface area (Å²) in [6.45, 7) is 5.66. The van der Waals surface area contributed by atoms with Gasteiger partial charge in [0, 0.05) is 6.54 Å². The van der Waals surface area contributed by atoms with Crippen molar-refractivity contribution in [3.8, 4) is 0 Å². The van der Waals surface area contributed by atoms with E-state index < -0.39 is 0 Å². The number of benzene rings is 1. The predicted molar refractivity (Wildman–Crippen MR) is 78.6 cm³/mol. The third-order valence-electron chi connectivity index (χ3n) is 2.62. The fourth-order valence-electron chi connectivity index (χ4n) is 1.76. The highest BCUT2D eigenvalue weighted by molar-refractivity contribution is 6.39. The summed E-state index contributed by atoms with van der Waals surface area (Å²) in [4.78, 5) is 4.25. The van der Waals surface area contributed by atoms with Crippen LogP contribution in [0.25, 0.3) is 0 Å². The van der Waals surface area contributed by atoms with Crippen molar-refractivity contribution in [2.24, 2.45) is 5.92 Å². The molecule has 0 amide bonds. The predicted octanol–water partition coefficient (Wildman–Crippen LogP) is 3.85. The summed E-state index contributed by atoms with van der Waals surface area (Å²) in [5, 5.41) is 8.62. The minimum Gasteiger partial charge on any atom is -0.375 e. The monoisotopic (exact) mass is 298 g/mol. The van der Waals surface area contributed by atoms with E-state index in [0.29, 0.717) is 22.5 Å². The molecule has 0 bridgehead atoms. The number of aromatic nitrogens is 3. The Morgan fingerprint density at radius 1 is 1.26 bits per heavy atom. The van der Waals surface area contributed by atoms with Crippen LogP contribution in [0.2, 0.25) is 10.0 Å². The Bertz CT molecular complexity index is 531. The zero-order chi connectivity index (χ0) is 13.8. The average molecular weight is 299 g/mol. The van der Waals surface area contributed by atoms with Crippen molar-refractivity contribution in [3.05, 3.63) is 40.4 Å². The molecular formula is C13H16Cl2N4. The molecule has 6 heteroatoms. The molecule has 0 radical (unpaired) electrons.